The first-order valence-electron chi connectivity index (χ1n) is 7.62. The second kappa shape index (κ2) is 10.2. The molecule has 3 atom stereocenters. The van der Waals surface area contributed by atoms with E-state index in [9.17, 15) is 4.79 Å². The zero-order valence-electron chi connectivity index (χ0n) is 13.4. The summed E-state index contributed by atoms with van der Waals surface area (Å²) in [4.78, 5) is 14.2. The quantitative estimate of drug-likeness (QED) is 0.639. The van der Waals surface area contributed by atoms with E-state index in [1.54, 1.807) is 0 Å². The van der Waals surface area contributed by atoms with E-state index in [2.05, 4.69) is 31.1 Å². The van der Waals surface area contributed by atoms with Crippen LogP contribution in [0.15, 0.2) is 0 Å². The van der Waals surface area contributed by atoms with Crippen molar-refractivity contribution in [1.29, 1.82) is 0 Å². The molecule has 3 unspecified atom stereocenters. The lowest BCUT2D eigenvalue weighted by Crippen LogP contribution is -2.38. The van der Waals surface area contributed by atoms with Crippen LogP contribution in [-0.4, -0.2) is 43.0 Å². The average Bonchev–Trinajstić information content (AvgIpc) is 2.36. The van der Waals surface area contributed by atoms with Crippen LogP contribution in [0.5, 0.6) is 0 Å². The molecule has 0 aromatic carbocycles. The van der Waals surface area contributed by atoms with Crippen LogP contribution in [0.2, 0.25) is 0 Å². The topological polar surface area (TPSA) is 58.4 Å². The van der Waals surface area contributed by atoms with Gasteiger partial charge in [0.25, 0.3) is 0 Å². The number of likely N-dealkylation sites (N-methyl/N-ethyl adjacent to an activating group) is 1. The molecule has 0 spiro atoms. The molecule has 114 valence electrons. The minimum absolute atomic E-state index is 0.0904. The van der Waals surface area contributed by atoms with Gasteiger partial charge in [-0.3, -0.25) is 4.79 Å². The van der Waals surface area contributed by atoms with Gasteiger partial charge in [0.2, 0.25) is 5.91 Å². The lowest BCUT2D eigenvalue weighted by atomic mass is 10.0. The van der Waals surface area contributed by atoms with Gasteiger partial charge in [-0.2, -0.15) is 0 Å². The van der Waals surface area contributed by atoms with Crippen molar-refractivity contribution >= 4 is 5.91 Å². The lowest BCUT2D eigenvalue weighted by Gasteiger charge is -2.23. The highest BCUT2D eigenvalue weighted by molar-refractivity contribution is 5.78. The van der Waals surface area contributed by atoms with Crippen molar-refractivity contribution in [3.63, 3.8) is 0 Å². The summed E-state index contributed by atoms with van der Waals surface area (Å²) in [6, 6.07) is 0.805. The molecule has 0 saturated heterocycles. The summed E-state index contributed by atoms with van der Waals surface area (Å²) in [6.07, 6.45) is 4.08. The number of hydrogen-bond donors (Lipinski definition) is 2. The van der Waals surface area contributed by atoms with Crippen LogP contribution in [-0.2, 0) is 4.79 Å². The number of amides is 1. The highest BCUT2D eigenvalue weighted by Gasteiger charge is 2.13. The highest BCUT2D eigenvalue weighted by Crippen LogP contribution is 2.09. The molecule has 0 radical (unpaired) electrons. The minimum Gasteiger partial charge on any atom is -0.355 e. The van der Waals surface area contributed by atoms with Gasteiger partial charge >= 0.3 is 0 Å². The Bertz CT molecular complexity index is 244. The monoisotopic (exact) mass is 271 g/mol. The molecule has 4 nitrogen and oxygen atoms in total. The van der Waals surface area contributed by atoms with Gasteiger partial charge in [0.05, 0.1) is 0 Å². The Balaban J connectivity index is 3.73. The van der Waals surface area contributed by atoms with E-state index in [-0.39, 0.29) is 17.9 Å². The highest BCUT2D eigenvalue weighted by atomic mass is 16.1. The molecule has 19 heavy (non-hydrogen) atoms. The predicted molar refractivity (Wildman–Crippen MR) is 82.1 cm³/mol. The molecule has 0 saturated carbocycles. The van der Waals surface area contributed by atoms with Crippen molar-refractivity contribution in [1.82, 2.24) is 10.2 Å². The first kappa shape index (κ1) is 18.4. The van der Waals surface area contributed by atoms with Crippen LogP contribution in [0, 0.1) is 5.92 Å². The van der Waals surface area contributed by atoms with Crippen molar-refractivity contribution in [2.45, 2.75) is 65.5 Å². The van der Waals surface area contributed by atoms with Gasteiger partial charge in [0.1, 0.15) is 0 Å². The van der Waals surface area contributed by atoms with Gasteiger partial charge in [-0.25, -0.2) is 0 Å². The molecule has 0 fully saturated rings. The van der Waals surface area contributed by atoms with E-state index in [0.29, 0.717) is 6.04 Å². The van der Waals surface area contributed by atoms with Crippen molar-refractivity contribution < 1.29 is 4.79 Å². The molecule has 0 aliphatic carbocycles. The van der Waals surface area contributed by atoms with Gasteiger partial charge in [0.15, 0.2) is 0 Å². The SMILES string of the molecule is CCC(C)N(C)CCNC(=O)C(C)CCCC(C)N. The molecular formula is C15H33N3O. The second-order valence-corrected chi connectivity index (χ2v) is 5.84. The number of nitrogens with zero attached hydrogens (tertiary/aromatic N) is 1. The van der Waals surface area contributed by atoms with Gasteiger partial charge in [-0.1, -0.05) is 20.3 Å². The maximum Gasteiger partial charge on any atom is 0.222 e. The Morgan fingerprint density at radius 2 is 1.89 bits per heavy atom. The van der Waals surface area contributed by atoms with Gasteiger partial charge in [0, 0.05) is 31.1 Å². The van der Waals surface area contributed by atoms with Crippen molar-refractivity contribution in [2.24, 2.45) is 11.7 Å². The Kier molecular flexibility index (Phi) is 9.88. The zero-order valence-corrected chi connectivity index (χ0v) is 13.4. The van der Waals surface area contributed by atoms with Crippen LogP contribution in [0.25, 0.3) is 0 Å². The number of nitrogens with one attached hydrogen (secondary N) is 1. The molecule has 0 aliphatic rings. The molecule has 0 aliphatic heterocycles. The number of carbonyl (C=O) groups is 1. The average molecular weight is 271 g/mol. The smallest absolute Gasteiger partial charge is 0.222 e. The van der Waals surface area contributed by atoms with Crippen LogP contribution in [0.1, 0.15) is 53.4 Å². The molecule has 0 aromatic rings. The summed E-state index contributed by atoms with van der Waals surface area (Å²) in [6.45, 7) is 10.0. The summed E-state index contributed by atoms with van der Waals surface area (Å²) in [5.74, 6) is 0.259. The van der Waals surface area contributed by atoms with Crippen LogP contribution in [0.4, 0.5) is 0 Å². The van der Waals surface area contributed by atoms with E-state index in [4.69, 9.17) is 5.73 Å². The summed E-state index contributed by atoms with van der Waals surface area (Å²) in [5, 5.41) is 3.02. The van der Waals surface area contributed by atoms with E-state index in [1.807, 2.05) is 13.8 Å². The maximum atomic E-state index is 11.9. The molecule has 3 N–H and O–H groups in total. The summed E-state index contributed by atoms with van der Waals surface area (Å²) >= 11 is 0. The minimum atomic E-state index is 0.0904. The van der Waals surface area contributed by atoms with Gasteiger partial charge in [-0.15, -0.1) is 0 Å². The molecule has 0 aromatic heterocycles. The first-order valence-corrected chi connectivity index (χ1v) is 7.62. The Morgan fingerprint density at radius 1 is 1.26 bits per heavy atom. The maximum absolute atomic E-state index is 11.9. The van der Waals surface area contributed by atoms with Crippen LogP contribution < -0.4 is 11.1 Å². The largest absolute Gasteiger partial charge is 0.355 e. The van der Waals surface area contributed by atoms with Gasteiger partial charge < -0.3 is 16.0 Å². The zero-order chi connectivity index (χ0) is 14.8. The van der Waals surface area contributed by atoms with Crippen molar-refractivity contribution in [3.8, 4) is 0 Å². The van der Waals surface area contributed by atoms with E-state index in [0.717, 1.165) is 38.8 Å². The third-order valence-corrected chi connectivity index (χ3v) is 3.85. The third kappa shape index (κ3) is 9.00. The number of nitrogens with two attached hydrogens (primary N) is 1. The number of carbonyl (C=O) groups excluding carboxylic acids is 1. The van der Waals surface area contributed by atoms with Crippen LogP contribution >= 0.6 is 0 Å². The predicted octanol–water partition coefficient (Wildman–Crippen LogP) is 1.99. The number of hydrogen-bond acceptors (Lipinski definition) is 3. The van der Waals surface area contributed by atoms with Crippen molar-refractivity contribution in [3.05, 3.63) is 0 Å². The Hall–Kier alpha value is -0.610. The Morgan fingerprint density at radius 3 is 2.42 bits per heavy atom. The van der Waals surface area contributed by atoms with E-state index < -0.39 is 0 Å². The summed E-state index contributed by atoms with van der Waals surface area (Å²) in [5.41, 5.74) is 5.70. The summed E-state index contributed by atoms with van der Waals surface area (Å²) in [7, 11) is 2.10. The summed E-state index contributed by atoms with van der Waals surface area (Å²) < 4.78 is 0. The third-order valence-electron chi connectivity index (χ3n) is 3.85. The lowest BCUT2D eigenvalue weighted by molar-refractivity contribution is -0.124. The fourth-order valence-electron chi connectivity index (χ4n) is 1.94. The molecule has 0 heterocycles. The Labute approximate surface area is 119 Å². The molecule has 1 amide bonds. The van der Waals surface area contributed by atoms with Gasteiger partial charge in [-0.05, 0) is 40.2 Å². The first-order chi connectivity index (χ1) is 8.88. The standard InChI is InChI=1S/C15H33N3O/c1-6-14(4)18(5)11-10-17-15(19)12(2)8-7-9-13(3)16/h12-14H,6-11,16H2,1-5H3,(H,17,19). The molecule has 0 bridgehead atoms. The molecular weight excluding hydrogens is 238 g/mol. The normalized spacial score (nSPS) is 16.2. The fraction of sp³-hybridized carbons (Fsp3) is 0.933. The second-order valence-electron chi connectivity index (χ2n) is 5.84. The molecule has 4 heteroatoms. The van der Waals surface area contributed by atoms with Crippen LogP contribution in [0.3, 0.4) is 0 Å². The van der Waals surface area contributed by atoms with Crippen molar-refractivity contribution in [2.75, 3.05) is 20.1 Å². The number of rotatable bonds is 10. The van der Waals surface area contributed by atoms with E-state index >= 15 is 0 Å². The van der Waals surface area contributed by atoms with E-state index in [1.165, 1.54) is 0 Å². The molecule has 0 rings (SSSR count). The fourth-order valence-corrected chi connectivity index (χ4v) is 1.94.